The van der Waals surface area contributed by atoms with Crippen LogP contribution in [-0.4, -0.2) is 11.6 Å². The van der Waals surface area contributed by atoms with Crippen LogP contribution in [0.2, 0.25) is 0 Å². The third-order valence-corrected chi connectivity index (χ3v) is 12.4. The Kier molecular flexibility index (Phi) is 11.9. The predicted octanol–water partition coefficient (Wildman–Crippen LogP) is 13.9. The summed E-state index contributed by atoms with van der Waals surface area (Å²) >= 11 is 3.08. The molecule has 0 spiro atoms. The lowest BCUT2D eigenvalue weighted by Crippen LogP contribution is -2.25. The number of ketones is 2. The van der Waals surface area contributed by atoms with Crippen LogP contribution in [0.25, 0.3) is 0 Å². The monoisotopic (exact) mass is 760 g/mol. The van der Waals surface area contributed by atoms with Crippen molar-refractivity contribution >= 4 is 57.8 Å². The molecular weight excluding hydrogens is 713 g/mol. The molecule has 0 aliphatic heterocycles. The molecule has 55 heavy (non-hydrogen) atoms. The molecule has 4 nitrogen and oxygen atoms in total. The van der Waals surface area contributed by atoms with E-state index in [1.165, 1.54) is 34.7 Å². The van der Waals surface area contributed by atoms with E-state index in [-0.39, 0.29) is 11.6 Å². The number of nitrogens with one attached hydrogen (secondary N) is 2. The van der Waals surface area contributed by atoms with Crippen LogP contribution in [0.5, 0.6) is 0 Å². The summed E-state index contributed by atoms with van der Waals surface area (Å²) in [4.78, 5) is 34.3. The number of para-hydroxylation sites is 1. The Labute approximate surface area is 334 Å². The highest BCUT2D eigenvalue weighted by Gasteiger charge is 2.38. The van der Waals surface area contributed by atoms with Crippen molar-refractivity contribution in [1.29, 1.82) is 0 Å². The van der Waals surface area contributed by atoms with E-state index < -0.39 is 0 Å². The second kappa shape index (κ2) is 17.2. The first-order valence-electron chi connectivity index (χ1n) is 19.4. The summed E-state index contributed by atoms with van der Waals surface area (Å²) in [5.41, 5.74) is 10.5. The van der Waals surface area contributed by atoms with Gasteiger partial charge in [0.1, 0.15) is 0 Å². The molecule has 0 fully saturated rings. The summed E-state index contributed by atoms with van der Waals surface area (Å²) in [6.07, 6.45) is 6.68. The first-order valence-corrected chi connectivity index (χ1v) is 21.0. The fourth-order valence-corrected chi connectivity index (χ4v) is 8.97. The number of benzene rings is 6. The lowest BCUT2D eigenvalue weighted by molar-refractivity contribution is 0.0976. The first-order chi connectivity index (χ1) is 26.7. The molecule has 0 atom stereocenters. The number of anilines is 4. The molecule has 0 amide bonds. The maximum Gasteiger partial charge on any atom is 0.198 e. The third-order valence-electron chi connectivity index (χ3n) is 10.3. The molecule has 0 saturated heterocycles. The van der Waals surface area contributed by atoms with Gasteiger partial charge in [-0.2, -0.15) is 0 Å². The smallest absolute Gasteiger partial charge is 0.198 e. The molecule has 0 unspecified atom stereocenters. The van der Waals surface area contributed by atoms with Gasteiger partial charge in [-0.3, -0.25) is 9.59 Å². The van der Waals surface area contributed by atoms with Crippen molar-refractivity contribution in [3.05, 3.63) is 165 Å². The van der Waals surface area contributed by atoms with Crippen molar-refractivity contribution < 1.29 is 9.59 Å². The highest BCUT2D eigenvalue weighted by Crippen LogP contribution is 2.46. The minimum Gasteiger partial charge on any atom is -0.355 e. The Balaban J connectivity index is 1.38. The molecule has 7 rings (SSSR count). The standard InChI is InChI=1S/C49H48N2O2S2/c1-6-8-13-34-18-22-36(23-19-34)54-42-28-26-39(50-38-15-11-10-12-32(38)4)44-46(42)49(53)47-43(55-37-24-20-35(21-25-37)14-9-7-2)29-27-40(45(47)48(44)52)51-41-30-31(3)16-17-33(41)5/h10-12,15-30,50-51H,6-9,13-14H2,1-5H3. The SMILES string of the molecule is CCCCc1ccc(Sc2ccc(Nc3ccccc3C)c3c2C(=O)c2c(Sc4ccc(CCCC)cc4)ccc(Nc4cc(C)ccc4C)c2C3=O)cc1. The van der Waals surface area contributed by atoms with E-state index in [2.05, 4.69) is 105 Å². The minimum absolute atomic E-state index is 0.147. The van der Waals surface area contributed by atoms with Crippen molar-refractivity contribution in [1.82, 2.24) is 0 Å². The maximum atomic E-state index is 15.4. The number of fused-ring (bicyclic) bond motifs is 2. The number of hydrogen-bond acceptors (Lipinski definition) is 6. The molecule has 0 aromatic heterocycles. The fourth-order valence-electron chi connectivity index (χ4n) is 7.06. The average Bonchev–Trinajstić information content (AvgIpc) is 3.19. The molecule has 0 heterocycles. The molecular formula is C49H48N2O2S2. The lowest BCUT2D eigenvalue weighted by atomic mass is 9.82. The number of aryl methyl sites for hydroxylation is 5. The van der Waals surface area contributed by atoms with E-state index >= 15 is 9.59 Å². The van der Waals surface area contributed by atoms with Crippen LogP contribution in [0.3, 0.4) is 0 Å². The number of rotatable bonds is 14. The lowest BCUT2D eigenvalue weighted by Gasteiger charge is -2.27. The van der Waals surface area contributed by atoms with Gasteiger partial charge < -0.3 is 10.6 Å². The second-order valence-corrected chi connectivity index (χ2v) is 16.7. The predicted molar refractivity (Wildman–Crippen MR) is 232 cm³/mol. The Morgan fingerprint density at radius 1 is 0.473 bits per heavy atom. The highest BCUT2D eigenvalue weighted by atomic mass is 32.2. The summed E-state index contributed by atoms with van der Waals surface area (Å²) in [5, 5.41) is 7.14. The quantitative estimate of drug-likeness (QED) is 0.115. The Morgan fingerprint density at radius 3 is 1.45 bits per heavy atom. The van der Waals surface area contributed by atoms with Crippen LogP contribution in [0, 0.1) is 20.8 Å². The van der Waals surface area contributed by atoms with Gasteiger partial charge in [0, 0.05) is 42.1 Å². The zero-order valence-corrected chi connectivity index (χ0v) is 34.0. The molecule has 6 heteroatoms. The van der Waals surface area contributed by atoms with Gasteiger partial charge in [-0.25, -0.2) is 0 Å². The minimum atomic E-state index is -0.178. The van der Waals surface area contributed by atoms with E-state index in [4.69, 9.17) is 0 Å². The van der Waals surface area contributed by atoms with E-state index in [1.54, 1.807) is 0 Å². The van der Waals surface area contributed by atoms with E-state index in [0.29, 0.717) is 33.6 Å². The van der Waals surface area contributed by atoms with E-state index in [9.17, 15) is 0 Å². The maximum absolute atomic E-state index is 15.4. The fraction of sp³-hybridized carbons (Fsp3) is 0.224. The number of carbonyl (C=O) groups excluding carboxylic acids is 2. The second-order valence-electron chi connectivity index (χ2n) is 14.5. The van der Waals surface area contributed by atoms with Crippen LogP contribution in [-0.2, 0) is 12.8 Å². The van der Waals surface area contributed by atoms with Gasteiger partial charge in [0.15, 0.2) is 11.6 Å². The molecule has 1 aliphatic rings. The van der Waals surface area contributed by atoms with Crippen molar-refractivity contribution in [2.45, 2.75) is 92.7 Å². The summed E-state index contributed by atoms with van der Waals surface area (Å²) in [7, 11) is 0. The molecule has 0 bridgehead atoms. The number of unbranched alkanes of at least 4 members (excludes halogenated alkanes) is 2. The summed E-state index contributed by atoms with van der Waals surface area (Å²) < 4.78 is 0. The van der Waals surface area contributed by atoms with Gasteiger partial charge in [-0.1, -0.05) is 105 Å². The van der Waals surface area contributed by atoms with E-state index in [0.717, 1.165) is 86.2 Å². The summed E-state index contributed by atoms with van der Waals surface area (Å²) in [6.45, 7) is 10.6. The van der Waals surface area contributed by atoms with Crippen molar-refractivity contribution in [2.24, 2.45) is 0 Å². The Hall–Kier alpha value is -5.04. The molecule has 0 saturated carbocycles. The van der Waals surface area contributed by atoms with Gasteiger partial charge >= 0.3 is 0 Å². The molecule has 0 radical (unpaired) electrons. The third kappa shape index (κ3) is 8.46. The first kappa shape index (κ1) is 38.2. The van der Waals surface area contributed by atoms with Crippen LogP contribution in [0.4, 0.5) is 22.7 Å². The summed E-state index contributed by atoms with van der Waals surface area (Å²) in [6, 6.07) is 39.4. The number of carbonyl (C=O) groups is 2. The number of hydrogen-bond donors (Lipinski definition) is 2. The van der Waals surface area contributed by atoms with Gasteiger partial charge in [0.2, 0.25) is 0 Å². The molecule has 6 aromatic carbocycles. The van der Waals surface area contributed by atoms with Crippen LogP contribution in [0.1, 0.15) is 99.2 Å². The van der Waals surface area contributed by atoms with Gasteiger partial charge in [-0.15, -0.1) is 0 Å². The molecule has 278 valence electrons. The van der Waals surface area contributed by atoms with Gasteiger partial charge in [-0.05, 0) is 135 Å². The molecule has 1 aliphatic carbocycles. The van der Waals surface area contributed by atoms with Crippen LogP contribution < -0.4 is 10.6 Å². The topological polar surface area (TPSA) is 58.2 Å². The Bertz CT molecular complexity index is 2360. The average molecular weight is 761 g/mol. The zero-order chi connectivity index (χ0) is 38.5. The van der Waals surface area contributed by atoms with Crippen LogP contribution in [0.15, 0.2) is 135 Å². The van der Waals surface area contributed by atoms with Gasteiger partial charge in [0.05, 0.1) is 22.5 Å². The van der Waals surface area contributed by atoms with Crippen molar-refractivity contribution in [3.8, 4) is 0 Å². The Morgan fingerprint density at radius 2 is 0.945 bits per heavy atom. The largest absolute Gasteiger partial charge is 0.355 e. The van der Waals surface area contributed by atoms with Crippen LogP contribution >= 0.6 is 23.5 Å². The normalized spacial score (nSPS) is 12.0. The summed E-state index contributed by atoms with van der Waals surface area (Å²) in [5.74, 6) is -0.324. The van der Waals surface area contributed by atoms with E-state index in [1.807, 2.05) is 55.5 Å². The zero-order valence-electron chi connectivity index (χ0n) is 32.3. The van der Waals surface area contributed by atoms with Gasteiger partial charge in [0.25, 0.3) is 0 Å². The molecule has 2 N–H and O–H groups in total. The molecule has 6 aromatic rings. The van der Waals surface area contributed by atoms with Crippen molar-refractivity contribution in [2.75, 3.05) is 10.6 Å². The van der Waals surface area contributed by atoms with Crippen molar-refractivity contribution in [3.63, 3.8) is 0 Å². The highest BCUT2D eigenvalue weighted by molar-refractivity contribution is 7.99.